The summed E-state index contributed by atoms with van der Waals surface area (Å²) in [6, 6.07) is 6.09. The average Bonchev–Trinajstić information content (AvgIpc) is 2.62. The maximum Gasteiger partial charge on any atom is 0.340 e. The molecule has 1 aromatic carbocycles. The number of hydrogen-bond acceptors (Lipinski definition) is 6. The van der Waals surface area contributed by atoms with Crippen LogP contribution >= 0.6 is 11.8 Å². The van der Waals surface area contributed by atoms with Gasteiger partial charge in [0.15, 0.2) is 0 Å². The minimum atomic E-state index is -0.890. The number of rotatable bonds is 6. The minimum absolute atomic E-state index is 0.120. The summed E-state index contributed by atoms with van der Waals surface area (Å²) in [6.45, 7) is 3.45. The lowest BCUT2D eigenvalue weighted by atomic mass is 10.1. The second-order valence-electron chi connectivity index (χ2n) is 5.27. The van der Waals surface area contributed by atoms with E-state index in [0.717, 1.165) is 23.9 Å². The first-order valence-electron chi connectivity index (χ1n) is 7.82. The van der Waals surface area contributed by atoms with Gasteiger partial charge in [-0.2, -0.15) is 5.26 Å². The second kappa shape index (κ2) is 9.09. The molecule has 0 radical (unpaired) electrons. The van der Waals surface area contributed by atoms with Crippen molar-refractivity contribution in [2.45, 2.75) is 18.9 Å². The van der Waals surface area contributed by atoms with Crippen molar-refractivity contribution in [3.8, 4) is 6.07 Å². The quantitative estimate of drug-likeness (QED) is 0.599. The Morgan fingerprint density at radius 2 is 2.07 bits per heavy atom. The number of anilines is 1. The van der Waals surface area contributed by atoms with E-state index in [1.807, 2.05) is 6.07 Å². The van der Waals surface area contributed by atoms with Crippen LogP contribution in [0.3, 0.4) is 0 Å². The number of nitriles is 1. The lowest BCUT2D eigenvalue weighted by Gasteiger charge is -2.10. The van der Waals surface area contributed by atoms with E-state index in [4.69, 9.17) is 4.74 Å². The maximum absolute atomic E-state index is 13.6. The third kappa shape index (κ3) is 5.24. The molecule has 140 valence electrons. The average molecular weight is 391 g/mol. The number of hydrogen-bond donors (Lipinski definition) is 1. The fraction of sp³-hybridized carbons (Fsp3) is 0.222. The molecule has 27 heavy (non-hydrogen) atoms. The number of aryl methyl sites for hydroxylation is 1. The Morgan fingerprint density at radius 1 is 1.33 bits per heavy atom. The van der Waals surface area contributed by atoms with Crippen LogP contribution in [0, 0.1) is 29.9 Å². The van der Waals surface area contributed by atoms with Gasteiger partial charge in [-0.15, -0.1) is 0 Å². The molecule has 0 aliphatic rings. The van der Waals surface area contributed by atoms with E-state index in [-0.39, 0.29) is 34.2 Å². The van der Waals surface area contributed by atoms with Crippen LogP contribution in [0.25, 0.3) is 0 Å². The SMILES string of the molecule is CCOC(=O)c1cc(C#N)c(SCC(=O)Nc2ccc(F)cc2F)nc1C. The van der Waals surface area contributed by atoms with Crippen molar-refractivity contribution in [3.63, 3.8) is 0 Å². The Morgan fingerprint density at radius 3 is 2.70 bits per heavy atom. The van der Waals surface area contributed by atoms with Crippen LogP contribution in [0.5, 0.6) is 0 Å². The van der Waals surface area contributed by atoms with Gasteiger partial charge in [0.2, 0.25) is 5.91 Å². The van der Waals surface area contributed by atoms with Gasteiger partial charge in [0.25, 0.3) is 0 Å². The molecule has 1 heterocycles. The van der Waals surface area contributed by atoms with Crippen molar-refractivity contribution < 1.29 is 23.1 Å². The summed E-state index contributed by atoms with van der Waals surface area (Å²) in [5, 5.41) is 11.8. The zero-order chi connectivity index (χ0) is 20.0. The zero-order valence-corrected chi connectivity index (χ0v) is 15.3. The number of benzene rings is 1. The summed E-state index contributed by atoms with van der Waals surface area (Å²) in [6.07, 6.45) is 0. The number of pyridine rings is 1. The van der Waals surface area contributed by atoms with Gasteiger partial charge < -0.3 is 10.1 Å². The number of carbonyl (C=O) groups excluding carboxylic acids is 2. The minimum Gasteiger partial charge on any atom is -0.462 e. The Labute approximate surface area is 158 Å². The summed E-state index contributed by atoms with van der Waals surface area (Å²) in [4.78, 5) is 28.0. The number of nitrogens with one attached hydrogen (secondary N) is 1. The van der Waals surface area contributed by atoms with Crippen LogP contribution in [-0.4, -0.2) is 29.2 Å². The Kier molecular flexibility index (Phi) is 6.85. The fourth-order valence-corrected chi connectivity index (χ4v) is 2.90. The van der Waals surface area contributed by atoms with Gasteiger partial charge in [0, 0.05) is 6.07 Å². The van der Waals surface area contributed by atoms with Gasteiger partial charge in [0.05, 0.1) is 34.9 Å². The Hall–Kier alpha value is -2.99. The molecule has 0 fully saturated rings. The molecular formula is C18H15F2N3O3S. The van der Waals surface area contributed by atoms with Gasteiger partial charge in [0.1, 0.15) is 22.7 Å². The van der Waals surface area contributed by atoms with Crippen molar-refractivity contribution >= 4 is 29.3 Å². The van der Waals surface area contributed by atoms with E-state index in [9.17, 15) is 23.6 Å². The Bertz CT molecular complexity index is 929. The predicted octanol–water partition coefficient (Wildman–Crippen LogP) is 3.45. The lowest BCUT2D eigenvalue weighted by molar-refractivity contribution is -0.113. The summed E-state index contributed by atoms with van der Waals surface area (Å²) in [5.74, 6) is -2.93. The van der Waals surface area contributed by atoms with Gasteiger partial charge in [-0.25, -0.2) is 18.6 Å². The third-order valence-corrected chi connectivity index (χ3v) is 4.33. The molecule has 0 saturated heterocycles. The monoisotopic (exact) mass is 391 g/mol. The summed E-state index contributed by atoms with van der Waals surface area (Å²) in [7, 11) is 0. The molecule has 0 aliphatic heterocycles. The molecule has 1 aromatic heterocycles. The highest BCUT2D eigenvalue weighted by Gasteiger charge is 2.17. The van der Waals surface area contributed by atoms with Crippen molar-refractivity contribution in [2.24, 2.45) is 0 Å². The lowest BCUT2D eigenvalue weighted by Crippen LogP contribution is -2.15. The summed E-state index contributed by atoms with van der Waals surface area (Å²) in [5.41, 5.74) is 0.509. The molecule has 2 rings (SSSR count). The molecule has 2 aromatic rings. The van der Waals surface area contributed by atoms with Gasteiger partial charge in [-0.3, -0.25) is 4.79 Å². The van der Waals surface area contributed by atoms with E-state index in [0.29, 0.717) is 11.8 Å². The standard InChI is InChI=1S/C18H15F2N3O3S/c1-3-26-18(25)13-6-11(8-21)17(22-10(13)2)27-9-16(24)23-15-5-4-12(19)7-14(15)20/h4-7H,3,9H2,1-2H3,(H,23,24). The van der Waals surface area contributed by atoms with Crippen LogP contribution in [0.1, 0.15) is 28.5 Å². The molecule has 0 saturated carbocycles. The van der Waals surface area contributed by atoms with Crippen LogP contribution in [-0.2, 0) is 9.53 Å². The molecule has 0 bridgehead atoms. The summed E-state index contributed by atoms with van der Waals surface area (Å²) >= 11 is 0.962. The van der Waals surface area contributed by atoms with E-state index in [1.54, 1.807) is 13.8 Å². The molecule has 0 spiro atoms. The molecule has 0 aliphatic carbocycles. The van der Waals surface area contributed by atoms with Crippen molar-refractivity contribution in [1.29, 1.82) is 5.26 Å². The number of amides is 1. The maximum atomic E-state index is 13.6. The van der Waals surface area contributed by atoms with Crippen molar-refractivity contribution in [1.82, 2.24) is 4.98 Å². The largest absolute Gasteiger partial charge is 0.462 e. The van der Waals surface area contributed by atoms with Gasteiger partial charge in [-0.05, 0) is 32.0 Å². The molecule has 0 unspecified atom stereocenters. The highest BCUT2D eigenvalue weighted by Crippen LogP contribution is 2.24. The first-order chi connectivity index (χ1) is 12.8. The highest BCUT2D eigenvalue weighted by atomic mass is 32.2. The number of thioether (sulfide) groups is 1. The van der Waals surface area contributed by atoms with E-state index < -0.39 is 23.5 Å². The Balaban J connectivity index is 2.10. The number of ether oxygens (including phenoxy) is 1. The first kappa shape index (κ1) is 20.3. The zero-order valence-electron chi connectivity index (χ0n) is 14.5. The third-order valence-electron chi connectivity index (χ3n) is 3.34. The van der Waals surface area contributed by atoms with E-state index in [2.05, 4.69) is 10.3 Å². The van der Waals surface area contributed by atoms with Crippen LogP contribution in [0.4, 0.5) is 14.5 Å². The van der Waals surface area contributed by atoms with Crippen LogP contribution in [0.15, 0.2) is 29.3 Å². The number of aromatic nitrogens is 1. The molecule has 0 atom stereocenters. The normalized spacial score (nSPS) is 10.2. The molecule has 9 heteroatoms. The fourth-order valence-electron chi connectivity index (χ4n) is 2.10. The second-order valence-corrected chi connectivity index (χ2v) is 6.23. The number of nitrogens with zero attached hydrogens (tertiary/aromatic N) is 2. The number of halogens is 2. The number of carbonyl (C=O) groups is 2. The van der Waals surface area contributed by atoms with E-state index in [1.165, 1.54) is 6.07 Å². The van der Waals surface area contributed by atoms with Gasteiger partial charge >= 0.3 is 5.97 Å². The highest BCUT2D eigenvalue weighted by molar-refractivity contribution is 8.00. The van der Waals surface area contributed by atoms with Crippen LogP contribution < -0.4 is 5.32 Å². The van der Waals surface area contributed by atoms with E-state index >= 15 is 0 Å². The van der Waals surface area contributed by atoms with Crippen molar-refractivity contribution in [2.75, 3.05) is 17.7 Å². The first-order valence-corrected chi connectivity index (χ1v) is 8.80. The van der Waals surface area contributed by atoms with Crippen LogP contribution in [0.2, 0.25) is 0 Å². The molecule has 6 nitrogen and oxygen atoms in total. The smallest absolute Gasteiger partial charge is 0.340 e. The van der Waals surface area contributed by atoms with Crippen molar-refractivity contribution in [3.05, 3.63) is 52.7 Å². The predicted molar refractivity (Wildman–Crippen MR) is 95.4 cm³/mol. The van der Waals surface area contributed by atoms with Gasteiger partial charge in [-0.1, -0.05) is 11.8 Å². The molecular weight excluding hydrogens is 376 g/mol. The summed E-state index contributed by atoms with van der Waals surface area (Å²) < 4.78 is 31.4. The molecule has 1 amide bonds. The molecule has 1 N–H and O–H groups in total. The number of esters is 1. The topological polar surface area (TPSA) is 92.1 Å².